The zero-order chi connectivity index (χ0) is 26.1. The maximum Gasteiger partial charge on any atom is 0.251 e. The second-order valence-electron chi connectivity index (χ2n) is 9.74. The topological polar surface area (TPSA) is 111 Å². The molecule has 0 aliphatic carbocycles. The van der Waals surface area contributed by atoms with Crippen molar-refractivity contribution in [2.24, 2.45) is 0 Å². The molecule has 0 bridgehead atoms. The quantitative estimate of drug-likeness (QED) is 0.506. The third-order valence-corrected chi connectivity index (χ3v) is 8.12. The van der Waals surface area contributed by atoms with Crippen LogP contribution in [0.15, 0.2) is 12.4 Å². The lowest BCUT2D eigenvalue weighted by Gasteiger charge is -2.35. The molecule has 0 aromatic carbocycles. The van der Waals surface area contributed by atoms with Crippen LogP contribution in [0.5, 0.6) is 0 Å². The van der Waals surface area contributed by atoms with Crippen molar-refractivity contribution < 1.29 is 14.6 Å². The number of carbonyl (C=O) groups is 1. The molecule has 2 fully saturated rings. The molecular formula is C25H34N8O3S. The van der Waals surface area contributed by atoms with E-state index in [0.29, 0.717) is 38.1 Å². The van der Waals surface area contributed by atoms with Crippen LogP contribution < -0.4 is 9.80 Å². The molecular weight excluding hydrogens is 492 g/mol. The first-order valence-electron chi connectivity index (χ1n) is 12.6. The van der Waals surface area contributed by atoms with Gasteiger partial charge in [-0.15, -0.1) is 11.3 Å². The summed E-state index contributed by atoms with van der Waals surface area (Å²) in [4.78, 5) is 40.6. The number of nitrogens with zero attached hydrogens (tertiary/aromatic N) is 8. The van der Waals surface area contributed by atoms with Crippen LogP contribution in [-0.2, 0) is 16.1 Å². The Bertz CT molecular complexity index is 1250. The molecule has 2 saturated heterocycles. The number of ether oxygens (including phenoxy) is 1. The molecule has 5 heterocycles. The fraction of sp³-hybridized carbons (Fsp3) is 0.560. The highest BCUT2D eigenvalue weighted by Gasteiger charge is 2.26. The van der Waals surface area contributed by atoms with E-state index < -0.39 is 6.10 Å². The average Bonchev–Trinajstić information content (AvgIpc) is 3.23. The summed E-state index contributed by atoms with van der Waals surface area (Å²) in [6.07, 6.45) is 2.61. The first kappa shape index (κ1) is 25.7. The number of aliphatic hydroxyl groups excluding tert-OH is 1. The molecule has 198 valence electrons. The fourth-order valence-corrected chi connectivity index (χ4v) is 5.95. The molecule has 1 N–H and O–H groups in total. The zero-order valence-corrected chi connectivity index (χ0v) is 22.7. The number of piperazine rings is 1. The van der Waals surface area contributed by atoms with Crippen molar-refractivity contribution >= 4 is 39.2 Å². The molecule has 2 aliphatic heterocycles. The van der Waals surface area contributed by atoms with Gasteiger partial charge < -0.3 is 24.5 Å². The average molecular weight is 527 g/mol. The number of hydrogen-bond acceptors (Lipinski definition) is 11. The summed E-state index contributed by atoms with van der Waals surface area (Å²) < 4.78 is 6.69. The number of morpholine rings is 1. The third-order valence-electron chi connectivity index (χ3n) is 6.86. The molecule has 5 rings (SSSR count). The zero-order valence-electron chi connectivity index (χ0n) is 21.8. The van der Waals surface area contributed by atoms with Crippen LogP contribution in [0.1, 0.15) is 17.4 Å². The van der Waals surface area contributed by atoms with Crippen molar-refractivity contribution in [1.82, 2.24) is 29.7 Å². The van der Waals surface area contributed by atoms with Crippen LogP contribution in [0.2, 0.25) is 0 Å². The van der Waals surface area contributed by atoms with Crippen molar-refractivity contribution in [3.8, 4) is 11.4 Å². The highest BCUT2D eigenvalue weighted by molar-refractivity contribution is 7.19. The van der Waals surface area contributed by atoms with E-state index in [1.54, 1.807) is 28.6 Å². The van der Waals surface area contributed by atoms with Gasteiger partial charge in [0, 0.05) is 77.2 Å². The lowest BCUT2D eigenvalue weighted by atomic mass is 10.2. The van der Waals surface area contributed by atoms with Crippen molar-refractivity contribution in [2.75, 3.05) is 76.4 Å². The fourth-order valence-electron chi connectivity index (χ4n) is 4.65. The standard InChI is InChI=1S/C25H34N8O3S/c1-16-19(15-31-5-7-33(8-6-31)24(35)17(2)34)37-21-20(16)28-22(18-13-26-25(27-14-18)30(3)4)29-23(21)32-9-11-36-12-10-32/h13-14,17,34H,5-12,15H2,1-4H3/t17-/m0/s1. The third kappa shape index (κ3) is 5.37. The summed E-state index contributed by atoms with van der Waals surface area (Å²) in [5.41, 5.74) is 2.91. The van der Waals surface area contributed by atoms with Gasteiger partial charge in [-0.2, -0.15) is 0 Å². The summed E-state index contributed by atoms with van der Waals surface area (Å²) in [6.45, 7) is 10.2. The molecule has 37 heavy (non-hydrogen) atoms. The van der Waals surface area contributed by atoms with E-state index in [1.165, 1.54) is 11.8 Å². The second kappa shape index (κ2) is 10.8. The molecule has 0 saturated carbocycles. The number of hydrogen-bond donors (Lipinski definition) is 1. The van der Waals surface area contributed by atoms with Gasteiger partial charge in [-0.05, 0) is 19.4 Å². The Hall–Kier alpha value is -2.93. The molecule has 3 aromatic rings. The smallest absolute Gasteiger partial charge is 0.251 e. The summed E-state index contributed by atoms with van der Waals surface area (Å²) in [5.74, 6) is 2.00. The summed E-state index contributed by atoms with van der Waals surface area (Å²) in [7, 11) is 3.82. The predicted molar refractivity (Wildman–Crippen MR) is 144 cm³/mol. The van der Waals surface area contributed by atoms with Crippen molar-refractivity contribution in [1.29, 1.82) is 0 Å². The van der Waals surface area contributed by atoms with Crippen LogP contribution in [-0.4, -0.2) is 113 Å². The SMILES string of the molecule is Cc1c(CN2CCN(C(=O)[C@H](C)O)CC2)sc2c(N3CCOCC3)nc(-c3cnc(N(C)C)nc3)nc12. The van der Waals surface area contributed by atoms with E-state index in [-0.39, 0.29) is 5.91 Å². The number of fused-ring (bicyclic) bond motifs is 1. The number of rotatable bonds is 6. The Morgan fingerprint density at radius 1 is 1.11 bits per heavy atom. The maximum absolute atomic E-state index is 12.1. The Morgan fingerprint density at radius 2 is 1.78 bits per heavy atom. The second-order valence-corrected chi connectivity index (χ2v) is 10.8. The van der Waals surface area contributed by atoms with Gasteiger partial charge in [-0.25, -0.2) is 19.9 Å². The Morgan fingerprint density at radius 3 is 2.41 bits per heavy atom. The molecule has 3 aromatic heterocycles. The van der Waals surface area contributed by atoms with Gasteiger partial charge >= 0.3 is 0 Å². The van der Waals surface area contributed by atoms with Gasteiger partial charge in [-0.1, -0.05) is 0 Å². The van der Waals surface area contributed by atoms with E-state index in [9.17, 15) is 9.90 Å². The van der Waals surface area contributed by atoms with E-state index in [2.05, 4.69) is 26.7 Å². The minimum absolute atomic E-state index is 0.196. The van der Waals surface area contributed by atoms with Gasteiger partial charge in [0.1, 0.15) is 6.10 Å². The first-order chi connectivity index (χ1) is 17.8. The number of aromatic nitrogens is 4. The summed E-state index contributed by atoms with van der Waals surface area (Å²) in [6, 6.07) is 0. The van der Waals surface area contributed by atoms with Crippen molar-refractivity contribution in [2.45, 2.75) is 26.5 Å². The predicted octanol–water partition coefficient (Wildman–Crippen LogP) is 1.38. The lowest BCUT2D eigenvalue weighted by molar-refractivity contribution is -0.141. The summed E-state index contributed by atoms with van der Waals surface area (Å²) >= 11 is 1.75. The van der Waals surface area contributed by atoms with E-state index in [0.717, 1.165) is 59.9 Å². The van der Waals surface area contributed by atoms with Crippen LogP contribution in [0.3, 0.4) is 0 Å². The first-order valence-corrected chi connectivity index (χ1v) is 13.4. The number of aryl methyl sites for hydroxylation is 1. The Balaban J connectivity index is 1.46. The van der Waals surface area contributed by atoms with E-state index in [4.69, 9.17) is 14.7 Å². The number of carbonyl (C=O) groups excluding carboxylic acids is 1. The van der Waals surface area contributed by atoms with Crippen LogP contribution in [0, 0.1) is 6.92 Å². The van der Waals surface area contributed by atoms with Crippen molar-refractivity contribution in [3.63, 3.8) is 0 Å². The normalized spacial score (nSPS) is 17.9. The van der Waals surface area contributed by atoms with Crippen molar-refractivity contribution in [3.05, 3.63) is 22.8 Å². The van der Waals surface area contributed by atoms with Gasteiger partial charge in [0.25, 0.3) is 5.91 Å². The monoisotopic (exact) mass is 526 g/mol. The number of amides is 1. The largest absolute Gasteiger partial charge is 0.384 e. The van der Waals surface area contributed by atoms with Gasteiger partial charge in [0.15, 0.2) is 11.6 Å². The Labute approximate surface area is 220 Å². The minimum Gasteiger partial charge on any atom is -0.384 e. The number of aliphatic hydroxyl groups is 1. The molecule has 12 heteroatoms. The lowest BCUT2D eigenvalue weighted by Crippen LogP contribution is -2.50. The van der Waals surface area contributed by atoms with Gasteiger partial charge in [0.2, 0.25) is 5.95 Å². The molecule has 0 unspecified atom stereocenters. The van der Waals surface area contributed by atoms with E-state index in [1.807, 2.05) is 19.0 Å². The highest BCUT2D eigenvalue weighted by Crippen LogP contribution is 2.38. The number of anilines is 2. The highest BCUT2D eigenvalue weighted by atomic mass is 32.1. The van der Waals surface area contributed by atoms with Crippen LogP contribution in [0.4, 0.5) is 11.8 Å². The molecule has 0 spiro atoms. The number of thiophene rings is 1. The van der Waals surface area contributed by atoms with Gasteiger partial charge in [0.05, 0.1) is 29.0 Å². The van der Waals surface area contributed by atoms with Gasteiger partial charge in [-0.3, -0.25) is 9.69 Å². The summed E-state index contributed by atoms with van der Waals surface area (Å²) in [5, 5.41) is 9.63. The molecule has 11 nitrogen and oxygen atoms in total. The Kier molecular flexibility index (Phi) is 7.52. The minimum atomic E-state index is -0.952. The molecule has 1 amide bonds. The van der Waals surface area contributed by atoms with Crippen LogP contribution >= 0.6 is 11.3 Å². The molecule has 0 radical (unpaired) electrons. The molecule has 2 aliphatic rings. The van der Waals surface area contributed by atoms with E-state index >= 15 is 0 Å². The molecule has 1 atom stereocenters. The maximum atomic E-state index is 12.1. The van der Waals surface area contributed by atoms with Crippen LogP contribution in [0.25, 0.3) is 21.6 Å².